The summed E-state index contributed by atoms with van der Waals surface area (Å²) in [6, 6.07) is 0.0301. The molecular weight excluding hydrogens is 116 g/mol. The molecule has 52 valence electrons. The van der Waals surface area contributed by atoms with Gasteiger partial charge in [0.2, 0.25) is 5.91 Å². The molecule has 0 saturated heterocycles. The summed E-state index contributed by atoms with van der Waals surface area (Å²) >= 11 is 0. The molecule has 0 heterocycles. The Morgan fingerprint density at radius 2 is 2.22 bits per heavy atom. The summed E-state index contributed by atoms with van der Waals surface area (Å²) in [5, 5.41) is 0. The van der Waals surface area contributed by atoms with Crippen molar-refractivity contribution >= 4 is 5.91 Å². The molecular formula is C6H12N2O. The van der Waals surface area contributed by atoms with Crippen LogP contribution in [0, 0.1) is 5.92 Å². The van der Waals surface area contributed by atoms with Crippen LogP contribution < -0.4 is 11.5 Å². The Morgan fingerprint density at radius 1 is 1.67 bits per heavy atom. The number of carbonyl (C=O) groups is 1. The van der Waals surface area contributed by atoms with Crippen LogP contribution in [0.25, 0.3) is 0 Å². The Hall–Kier alpha value is -0.570. The lowest BCUT2D eigenvalue weighted by atomic mass is 10.1. The van der Waals surface area contributed by atoms with Gasteiger partial charge in [-0.05, 0) is 18.8 Å². The summed E-state index contributed by atoms with van der Waals surface area (Å²) < 4.78 is 0. The van der Waals surface area contributed by atoms with Crippen molar-refractivity contribution < 1.29 is 4.79 Å². The molecule has 1 fully saturated rings. The van der Waals surface area contributed by atoms with Crippen LogP contribution in [0.3, 0.4) is 0 Å². The second-order valence-electron chi connectivity index (χ2n) is 2.67. The highest BCUT2D eigenvalue weighted by atomic mass is 16.1. The van der Waals surface area contributed by atoms with Crippen molar-refractivity contribution in [3.8, 4) is 0 Å². The minimum Gasteiger partial charge on any atom is -0.370 e. The third-order valence-corrected chi connectivity index (χ3v) is 1.66. The molecule has 0 aromatic rings. The van der Waals surface area contributed by atoms with E-state index in [-0.39, 0.29) is 11.9 Å². The van der Waals surface area contributed by atoms with E-state index >= 15 is 0 Å². The van der Waals surface area contributed by atoms with E-state index in [1.54, 1.807) is 0 Å². The van der Waals surface area contributed by atoms with Crippen LogP contribution >= 0.6 is 0 Å². The molecule has 9 heavy (non-hydrogen) atoms. The van der Waals surface area contributed by atoms with E-state index < -0.39 is 0 Å². The maximum absolute atomic E-state index is 10.3. The normalized spacial score (nSPS) is 21.4. The van der Waals surface area contributed by atoms with Gasteiger partial charge in [-0.25, -0.2) is 0 Å². The molecule has 0 aliphatic heterocycles. The van der Waals surface area contributed by atoms with Gasteiger partial charge in [-0.15, -0.1) is 0 Å². The van der Waals surface area contributed by atoms with Gasteiger partial charge < -0.3 is 11.5 Å². The van der Waals surface area contributed by atoms with E-state index in [1.165, 1.54) is 12.8 Å². The summed E-state index contributed by atoms with van der Waals surface area (Å²) in [7, 11) is 0. The minimum atomic E-state index is -0.283. The Balaban J connectivity index is 2.17. The Kier molecular flexibility index (Phi) is 1.71. The molecule has 1 rings (SSSR count). The molecule has 0 bridgehead atoms. The SMILES string of the molecule is NC(=O)C[C@@H](N)C1CC1. The summed E-state index contributed by atoms with van der Waals surface area (Å²) in [5.41, 5.74) is 10.5. The maximum atomic E-state index is 10.3. The van der Waals surface area contributed by atoms with Crippen molar-refractivity contribution in [1.29, 1.82) is 0 Å². The van der Waals surface area contributed by atoms with Crippen molar-refractivity contribution in [2.24, 2.45) is 17.4 Å². The molecule has 3 heteroatoms. The van der Waals surface area contributed by atoms with E-state index in [1.807, 2.05) is 0 Å². The highest BCUT2D eigenvalue weighted by Gasteiger charge is 2.28. The molecule has 0 radical (unpaired) electrons. The zero-order valence-corrected chi connectivity index (χ0v) is 5.34. The van der Waals surface area contributed by atoms with Crippen molar-refractivity contribution in [2.45, 2.75) is 25.3 Å². The Labute approximate surface area is 54.4 Å². The van der Waals surface area contributed by atoms with Gasteiger partial charge in [-0.3, -0.25) is 4.79 Å². The lowest BCUT2D eigenvalue weighted by Crippen LogP contribution is -2.29. The van der Waals surface area contributed by atoms with Gasteiger partial charge in [-0.1, -0.05) is 0 Å². The van der Waals surface area contributed by atoms with E-state index in [2.05, 4.69) is 0 Å². The second kappa shape index (κ2) is 2.35. The summed E-state index contributed by atoms with van der Waals surface area (Å²) in [6.45, 7) is 0. The van der Waals surface area contributed by atoms with Crippen LogP contribution in [0.4, 0.5) is 0 Å². The van der Waals surface area contributed by atoms with E-state index in [0.29, 0.717) is 12.3 Å². The fourth-order valence-electron chi connectivity index (χ4n) is 0.923. The maximum Gasteiger partial charge on any atom is 0.218 e. The Bertz CT molecular complexity index is 120. The molecule has 0 aromatic heterocycles. The highest BCUT2D eigenvalue weighted by Crippen LogP contribution is 2.32. The van der Waals surface area contributed by atoms with Crippen molar-refractivity contribution in [1.82, 2.24) is 0 Å². The van der Waals surface area contributed by atoms with E-state index in [0.717, 1.165) is 0 Å². The van der Waals surface area contributed by atoms with Crippen molar-refractivity contribution in [3.05, 3.63) is 0 Å². The monoisotopic (exact) mass is 128 g/mol. The number of nitrogens with two attached hydrogens (primary N) is 2. The van der Waals surface area contributed by atoms with Gasteiger partial charge in [0.05, 0.1) is 0 Å². The van der Waals surface area contributed by atoms with E-state index in [9.17, 15) is 4.79 Å². The minimum absolute atomic E-state index is 0.0301. The number of primary amides is 1. The second-order valence-corrected chi connectivity index (χ2v) is 2.67. The van der Waals surface area contributed by atoms with Crippen molar-refractivity contribution in [3.63, 3.8) is 0 Å². The first-order valence-electron chi connectivity index (χ1n) is 3.24. The smallest absolute Gasteiger partial charge is 0.218 e. The fraction of sp³-hybridized carbons (Fsp3) is 0.833. The largest absolute Gasteiger partial charge is 0.370 e. The number of hydrogen-bond donors (Lipinski definition) is 2. The first kappa shape index (κ1) is 6.55. The molecule has 4 N–H and O–H groups in total. The number of carbonyl (C=O) groups excluding carboxylic acids is 1. The van der Waals surface area contributed by atoms with Crippen LogP contribution in [0.1, 0.15) is 19.3 Å². The molecule has 0 unspecified atom stereocenters. The molecule has 0 spiro atoms. The first-order chi connectivity index (χ1) is 4.20. The highest BCUT2D eigenvalue weighted by molar-refractivity contribution is 5.74. The van der Waals surface area contributed by atoms with Gasteiger partial charge in [0.1, 0.15) is 0 Å². The topological polar surface area (TPSA) is 69.1 Å². The average molecular weight is 128 g/mol. The molecule has 1 aliphatic carbocycles. The predicted octanol–water partition coefficient (Wildman–Crippen LogP) is -0.401. The quantitative estimate of drug-likeness (QED) is 0.543. The van der Waals surface area contributed by atoms with Crippen LogP contribution in [-0.2, 0) is 4.79 Å². The van der Waals surface area contributed by atoms with Crippen LogP contribution in [0.5, 0.6) is 0 Å². The van der Waals surface area contributed by atoms with Gasteiger partial charge in [0.25, 0.3) is 0 Å². The van der Waals surface area contributed by atoms with Gasteiger partial charge in [0.15, 0.2) is 0 Å². The van der Waals surface area contributed by atoms with Gasteiger partial charge in [-0.2, -0.15) is 0 Å². The number of amides is 1. The average Bonchev–Trinajstić information content (AvgIpc) is 2.40. The van der Waals surface area contributed by atoms with Gasteiger partial charge >= 0.3 is 0 Å². The van der Waals surface area contributed by atoms with Crippen LogP contribution in [-0.4, -0.2) is 11.9 Å². The lowest BCUT2D eigenvalue weighted by Gasteiger charge is -2.04. The van der Waals surface area contributed by atoms with Gasteiger partial charge in [0, 0.05) is 12.5 Å². The molecule has 0 aromatic carbocycles. The third kappa shape index (κ3) is 2.01. The lowest BCUT2D eigenvalue weighted by molar-refractivity contribution is -0.118. The molecule has 1 amide bonds. The number of hydrogen-bond acceptors (Lipinski definition) is 2. The molecule has 3 nitrogen and oxygen atoms in total. The molecule has 1 saturated carbocycles. The summed E-state index contributed by atoms with van der Waals surface area (Å²) in [4.78, 5) is 10.3. The summed E-state index contributed by atoms with van der Waals surface area (Å²) in [5.74, 6) is 0.298. The first-order valence-corrected chi connectivity index (χ1v) is 3.24. The zero-order valence-electron chi connectivity index (χ0n) is 5.34. The zero-order chi connectivity index (χ0) is 6.85. The Morgan fingerprint density at radius 3 is 2.56 bits per heavy atom. The number of rotatable bonds is 3. The van der Waals surface area contributed by atoms with E-state index in [4.69, 9.17) is 11.5 Å². The summed E-state index contributed by atoms with van der Waals surface area (Å²) in [6.07, 6.45) is 2.70. The molecule has 1 aliphatic rings. The van der Waals surface area contributed by atoms with Crippen LogP contribution in [0.2, 0.25) is 0 Å². The third-order valence-electron chi connectivity index (χ3n) is 1.66. The standard InChI is InChI=1S/C6H12N2O/c7-5(3-6(8)9)4-1-2-4/h4-5H,1-3,7H2,(H2,8,9)/t5-/m1/s1. The van der Waals surface area contributed by atoms with Crippen LogP contribution in [0.15, 0.2) is 0 Å². The molecule has 1 atom stereocenters. The predicted molar refractivity (Wildman–Crippen MR) is 34.5 cm³/mol. The fourth-order valence-corrected chi connectivity index (χ4v) is 0.923. The van der Waals surface area contributed by atoms with Crippen molar-refractivity contribution in [2.75, 3.05) is 0 Å².